The summed E-state index contributed by atoms with van der Waals surface area (Å²) >= 11 is 11.2. The minimum atomic E-state index is -1.36. The topological polar surface area (TPSA) is 68.3 Å². The first kappa shape index (κ1) is 12.3. The van der Waals surface area contributed by atoms with Gasteiger partial charge in [-0.25, -0.2) is 0 Å². The maximum absolute atomic E-state index is 12.2. The van der Waals surface area contributed by atoms with E-state index in [2.05, 4.69) is 0 Å². The zero-order chi connectivity index (χ0) is 13.3. The summed E-state index contributed by atoms with van der Waals surface area (Å²) in [5.74, 6) is -1.28. The molecule has 0 aromatic heterocycles. The molecule has 0 saturated heterocycles. The van der Waals surface area contributed by atoms with Gasteiger partial charge in [0.1, 0.15) is 10.8 Å². The van der Waals surface area contributed by atoms with Crippen molar-refractivity contribution in [2.75, 3.05) is 0 Å². The summed E-state index contributed by atoms with van der Waals surface area (Å²) in [6, 6.07) is 0. The van der Waals surface area contributed by atoms with Crippen molar-refractivity contribution in [3.63, 3.8) is 0 Å². The molecule has 4 bridgehead atoms. The number of halogens is 2. The molecule has 4 aliphatic carbocycles. The van der Waals surface area contributed by atoms with Crippen LogP contribution < -0.4 is 0 Å². The number of rotatable bonds is 2. The van der Waals surface area contributed by atoms with Gasteiger partial charge in [0.2, 0.25) is 10.5 Å². The monoisotopic (exact) mass is 288 g/mol. The fourth-order valence-corrected chi connectivity index (χ4v) is 4.53. The Balaban J connectivity index is 2.18. The Morgan fingerprint density at radius 3 is 1.67 bits per heavy atom. The van der Waals surface area contributed by atoms with Crippen LogP contribution in [-0.2, 0) is 19.2 Å². The second kappa shape index (κ2) is 3.42. The van der Waals surface area contributed by atoms with Crippen LogP contribution in [0.5, 0.6) is 0 Å². The van der Waals surface area contributed by atoms with Gasteiger partial charge in [-0.05, 0) is 48.9 Å². The van der Waals surface area contributed by atoms with E-state index >= 15 is 0 Å². The SMILES string of the molecule is O=C(Cl)C12CC3CC(CC(C(=O)Cl)(C1)C3=O)C2=O. The first-order valence-corrected chi connectivity index (χ1v) is 6.57. The van der Waals surface area contributed by atoms with Gasteiger partial charge >= 0.3 is 0 Å². The zero-order valence-electron chi connectivity index (χ0n) is 9.37. The van der Waals surface area contributed by atoms with E-state index in [1.165, 1.54) is 0 Å². The van der Waals surface area contributed by atoms with Crippen molar-refractivity contribution in [2.24, 2.45) is 22.7 Å². The number of carbonyl (C=O) groups excluding carboxylic acids is 4. The van der Waals surface area contributed by atoms with Crippen molar-refractivity contribution < 1.29 is 19.2 Å². The predicted octanol–water partition coefficient (Wildman–Crippen LogP) is 1.46. The van der Waals surface area contributed by atoms with E-state index in [9.17, 15) is 19.2 Å². The number of hydrogen-bond donors (Lipinski definition) is 0. The van der Waals surface area contributed by atoms with Gasteiger partial charge in [0.15, 0.2) is 11.6 Å². The zero-order valence-corrected chi connectivity index (χ0v) is 10.9. The standard InChI is InChI=1S/C12H10Cl2O4/c13-9(17)11-2-5-1-6(8(11)16)3-12(4-11,7(5)15)10(14)18/h5-6H,1-4H2. The van der Waals surface area contributed by atoms with Crippen LogP contribution in [0, 0.1) is 22.7 Å². The molecule has 4 aliphatic rings. The highest BCUT2D eigenvalue weighted by molar-refractivity contribution is 6.68. The molecule has 4 unspecified atom stereocenters. The van der Waals surface area contributed by atoms with E-state index in [1.54, 1.807) is 0 Å². The molecule has 0 heterocycles. The normalized spacial score (nSPS) is 45.4. The molecular weight excluding hydrogens is 279 g/mol. The Morgan fingerprint density at radius 2 is 1.33 bits per heavy atom. The average Bonchev–Trinajstić information content (AvgIpc) is 2.27. The summed E-state index contributed by atoms with van der Waals surface area (Å²) in [5.41, 5.74) is -2.71. The van der Waals surface area contributed by atoms with Crippen LogP contribution in [0.15, 0.2) is 0 Å². The maximum Gasteiger partial charge on any atom is 0.235 e. The molecule has 0 spiro atoms. The van der Waals surface area contributed by atoms with E-state index in [1.807, 2.05) is 0 Å². The van der Waals surface area contributed by atoms with Gasteiger partial charge in [0, 0.05) is 11.8 Å². The van der Waals surface area contributed by atoms with Crippen molar-refractivity contribution in [3.8, 4) is 0 Å². The van der Waals surface area contributed by atoms with Gasteiger partial charge in [-0.1, -0.05) is 0 Å². The maximum atomic E-state index is 12.2. The summed E-state index contributed by atoms with van der Waals surface area (Å²) in [5, 5.41) is -1.51. The van der Waals surface area contributed by atoms with Gasteiger partial charge in [-0.15, -0.1) is 0 Å². The first-order chi connectivity index (χ1) is 8.33. The molecule has 0 aliphatic heterocycles. The molecule has 4 saturated carbocycles. The lowest BCUT2D eigenvalue weighted by Crippen LogP contribution is -2.65. The molecule has 0 N–H and O–H groups in total. The highest BCUT2D eigenvalue weighted by Crippen LogP contribution is 2.63. The first-order valence-electron chi connectivity index (χ1n) is 5.82. The molecule has 0 aromatic carbocycles. The van der Waals surface area contributed by atoms with E-state index in [0.29, 0.717) is 6.42 Å². The van der Waals surface area contributed by atoms with Crippen LogP contribution in [-0.4, -0.2) is 22.1 Å². The molecule has 0 aromatic rings. The van der Waals surface area contributed by atoms with Crippen molar-refractivity contribution in [3.05, 3.63) is 0 Å². The molecule has 4 atom stereocenters. The van der Waals surface area contributed by atoms with Crippen LogP contribution in [0.1, 0.15) is 25.7 Å². The van der Waals surface area contributed by atoms with Crippen molar-refractivity contribution in [1.82, 2.24) is 0 Å². The van der Waals surface area contributed by atoms with Gasteiger partial charge < -0.3 is 0 Å². The summed E-state index contributed by atoms with van der Waals surface area (Å²) in [4.78, 5) is 47.8. The second-order valence-corrected chi connectivity index (χ2v) is 6.34. The lowest BCUT2D eigenvalue weighted by molar-refractivity contribution is -0.174. The van der Waals surface area contributed by atoms with Gasteiger partial charge in [0.05, 0.1) is 0 Å². The molecule has 0 radical (unpaired) electrons. The molecule has 18 heavy (non-hydrogen) atoms. The van der Waals surface area contributed by atoms with E-state index < -0.39 is 33.2 Å². The van der Waals surface area contributed by atoms with Gasteiger partial charge in [-0.2, -0.15) is 0 Å². The van der Waals surface area contributed by atoms with E-state index in [4.69, 9.17) is 23.2 Å². The third-order valence-corrected chi connectivity index (χ3v) is 5.52. The van der Waals surface area contributed by atoms with Crippen LogP contribution >= 0.6 is 23.2 Å². The average molecular weight is 289 g/mol. The van der Waals surface area contributed by atoms with Crippen LogP contribution in [0.4, 0.5) is 0 Å². The quantitative estimate of drug-likeness (QED) is 0.570. The summed E-state index contributed by atoms with van der Waals surface area (Å²) < 4.78 is 0. The summed E-state index contributed by atoms with van der Waals surface area (Å²) in [6.45, 7) is 0. The fourth-order valence-electron chi connectivity index (χ4n) is 4.06. The number of hydrogen-bond acceptors (Lipinski definition) is 4. The van der Waals surface area contributed by atoms with Gasteiger partial charge in [0.25, 0.3) is 0 Å². The van der Waals surface area contributed by atoms with Crippen molar-refractivity contribution >= 4 is 45.3 Å². The Morgan fingerprint density at radius 1 is 0.944 bits per heavy atom. The lowest BCUT2D eigenvalue weighted by atomic mass is 9.43. The fraction of sp³-hybridized carbons (Fsp3) is 0.667. The Kier molecular flexibility index (Phi) is 2.34. The van der Waals surface area contributed by atoms with E-state index in [-0.39, 0.29) is 30.8 Å². The molecule has 96 valence electrons. The van der Waals surface area contributed by atoms with Crippen LogP contribution in [0.3, 0.4) is 0 Å². The molecule has 4 rings (SSSR count). The smallest absolute Gasteiger partial charge is 0.235 e. The Labute approximate surface area is 113 Å². The number of carbonyl (C=O) groups is 4. The second-order valence-electron chi connectivity index (χ2n) is 5.65. The molecule has 4 fully saturated rings. The summed E-state index contributed by atoms with van der Waals surface area (Å²) in [7, 11) is 0. The van der Waals surface area contributed by atoms with E-state index in [0.717, 1.165) is 0 Å². The molecule has 6 heteroatoms. The largest absolute Gasteiger partial charge is 0.298 e. The minimum Gasteiger partial charge on any atom is -0.298 e. The van der Waals surface area contributed by atoms with Gasteiger partial charge in [-0.3, -0.25) is 19.2 Å². The molecule has 0 amide bonds. The third-order valence-electron chi connectivity index (χ3n) is 4.80. The van der Waals surface area contributed by atoms with Crippen LogP contribution in [0.25, 0.3) is 0 Å². The summed E-state index contributed by atoms with van der Waals surface area (Å²) in [6.07, 6.45) is 0.593. The molecule has 4 nitrogen and oxygen atoms in total. The molecular formula is C12H10Cl2O4. The number of Topliss-reactive ketones (excluding diaryl/α,β-unsaturated/α-hetero) is 2. The highest BCUT2D eigenvalue weighted by Gasteiger charge is 2.70. The third kappa shape index (κ3) is 1.18. The van der Waals surface area contributed by atoms with Crippen molar-refractivity contribution in [1.29, 1.82) is 0 Å². The lowest BCUT2D eigenvalue weighted by Gasteiger charge is -2.56. The highest BCUT2D eigenvalue weighted by atomic mass is 35.5. The Hall–Kier alpha value is -0.740. The predicted molar refractivity (Wildman–Crippen MR) is 62.0 cm³/mol. The Bertz CT molecular complexity index is 470. The van der Waals surface area contributed by atoms with Crippen molar-refractivity contribution in [2.45, 2.75) is 25.7 Å². The number of ketones is 2. The minimum absolute atomic E-state index is 0.130. The van der Waals surface area contributed by atoms with Crippen LogP contribution in [0.2, 0.25) is 0 Å².